The van der Waals surface area contributed by atoms with Crippen molar-refractivity contribution in [3.63, 3.8) is 0 Å². The molecule has 0 aliphatic heterocycles. The van der Waals surface area contributed by atoms with E-state index in [1.807, 2.05) is 0 Å². The van der Waals surface area contributed by atoms with Crippen LogP contribution in [0.4, 0.5) is 0 Å². The molecule has 0 bridgehead atoms. The van der Waals surface area contributed by atoms with Gasteiger partial charge in [0.05, 0.1) is 0 Å². The lowest BCUT2D eigenvalue weighted by Gasteiger charge is -2.29. The molecule has 21 heavy (non-hydrogen) atoms. The minimum Gasteiger partial charge on any atom is -0.330 e. The first-order valence-electron chi connectivity index (χ1n) is 7.44. The highest BCUT2D eigenvalue weighted by Crippen LogP contribution is 2.24. The maximum atomic E-state index is 5.70. The second-order valence-electron chi connectivity index (χ2n) is 5.33. The molecule has 0 saturated heterocycles. The molecule has 0 aromatic heterocycles. The molecular weight excluding hydrogens is 324 g/mol. The third-order valence-corrected chi connectivity index (χ3v) is 4.31. The molecule has 2 aromatic rings. The number of halogens is 1. The Balaban J connectivity index is 2.12. The van der Waals surface area contributed by atoms with Crippen molar-refractivity contribution in [1.82, 2.24) is 4.90 Å². The summed E-state index contributed by atoms with van der Waals surface area (Å²) in [6.07, 6.45) is 1.02. The van der Waals surface area contributed by atoms with Crippen molar-refractivity contribution >= 4 is 15.9 Å². The maximum absolute atomic E-state index is 5.70. The van der Waals surface area contributed by atoms with Crippen molar-refractivity contribution in [2.75, 3.05) is 13.1 Å². The first kappa shape index (κ1) is 16.2. The van der Waals surface area contributed by atoms with Gasteiger partial charge < -0.3 is 5.73 Å². The molecule has 0 aliphatic carbocycles. The minimum absolute atomic E-state index is 0.379. The minimum atomic E-state index is 0.379. The van der Waals surface area contributed by atoms with Crippen LogP contribution in [0, 0.1) is 0 Å². The van der Waals surface area contributed by atoms with Gasteiger partial charge in [-0.15, -0.1) is 0 Å². The molecule has 0 heterocycles. The van der Waals surface area contributed by atoms with Gasteiger partial charge in [0.1, 0.15) is 0 Å². The van der Waals surface area contributed by atoms with Gasteiger partial charge in [0.15, 0.2) is 0 Å². The normalized spacial score (nSPS) is 12.6. The predicted molar refractivity (Wildman–Crippen MR) is 93.1 cm³/mol. The van der Waals surface area contributed by atoms with Crippen LogP contribution >= 0.6 is 15.9 Å². The Kier molecular flexibility index (Phi) is 6.43. The van der Waals surface area contributed by atoms with Crippen LogP contribution in [0.2, 0.25) is 0 Å². The van der Waals surface area contributed by atoms with Crippen LogP contribution in [0.5, 0.6) is 0 Å². The van der Waals surface area contributed by atoms with Crippen molar-refractivity contribution in [1.29, 1.82) is 0 Å². The average molecular weight is 347 g/mol. The van der Waals surface area contributed by atoms with Crippen molar-refractivity contribution in [2.24, 2.45) is 5.73 Å². The Hall–Kier alpha value is -1.16. The fourth-order valence-corrected chi connectivity index (χ4v) is 2.74. The number of benzene rings is 2. The van der Waals surface area contributed by atoms with Crippen LogP contribution in [-0.2, 0) is 6.54 Å². The van der Waals surface area contributed by atoms with E-state index in [1.165, 1.54) is 11.1 Å². The van der Waals surface area contributed by atoms with Gasteiger partial charge in [-0.2, -0.15) is 0 Å². The SMILES string of the molecule is CC(c1ccc(Br)cc1)N(CCCN)Cc1ccccc1. The summed E-state index contributed by atoms with van der Waals surface area (Å²) in [5.74, 6) is 0. The van der Waals surface area contributed by atoms with Crippen LogP contribution < -0.4 is 5.73 Å². The molecule has 0 aliphatic rings. The highest BCUT2D eigenvalue weighted by atomic mass is 79.9. The Bertz CT molecular complexity index is 525. The predicted octanol–water partition coefficient (Wildman–Crippen LogP) is 4.36. The Morgan fingerprint density at radius 2 is 1.71 bits per heavy atom. The van der Waals surface area contributed by atoms with Crippen LogP contribution in [-0.4, -0.2) is 18.0 Å². The number of nitrogens with two attached hydrogens (primary N) is 1. The summed E-state index contributed by atoms with van der Waals surface area (Å²) < 4.78 is 1.12. The molecule has 2 aromatic carbocycles. The largest absolute Gasteiger partial charge is 0.330 e. The van der Waals surface area contributed by atoms with E-state index < -0.39 is 0 Å². The number of nitrogens with zero attached hydrogens (tertiary/aromatic N) is 1. The van der Waals surface area contributed by atoms with Crippen molar-refractivity contribution in [2.45, 2.75) is 25.9 Å². The molecule has 112 valence electrons. The first-order chi connectivity index (χ1) is 10.2. The van der Waals surface area contributed by atoms with E-state index in [4.69, 9.17) is 5.73 Å². The van der Waals surface area contributed by atoms with E-state index in [9.17, 15) is 0 Å². The Labute approximate surface area is 136 Å². The van der Waals surface area contributed by atoms with Gasteiger partial charge in [0, 0.05) is 23.6 Å². The summed E-state index contributed by atoms with van der Waals surface area (Å²) >= 11 is 3.50. The smallest absolute Gasteiger partial charge is 0.0323 e. The average Bonchev–Trinajstić information content (AvgIpc) is 2.52. The van der Waals surface area contributed by atoms with Gasteiger partial charge in [0.25, 0.3) is 0 Å². The van der Waals surface area contributed by atoms with Crippen molar-refractivity contribution in [3.05, 3.63) is 70.2 Å². The lowest BCUT2D eigenvalue weighted by Crippen LogP contribution is -2.29. The van der Waals surface area contributed by atoms with Gasteiger partial charge in [-0.05, 0) is 43.1 Å². The molecule has 0 saturated carbocycles. The van der Waals surface area contributed by atoms with Gasteiger partial charge in [0.2, 0.25) is 0 Å². The zero-order valence-electron chi connectivity index (χ0n) is 12.5. The van der Waals surface area contributed by atoms with E-state index in [-0.39, 0.29) is 0 Å². The molecule has 2 nitrogen and oxygen atoms in total. The second-order valence-corrected chi connectivity index (χ2v) is 6.24. The molecule has 0 fully saturated rings. The molecule has 2 rings (SSSR count). The topological polar surface area (TPSA) is 29.3 Å². The summed E-state index contributed by atoms with van der Waals surface area (Å²) in [7, 11) is 0. The molecule has 1 unspecified atom stereocenters. The second kappa shape index (κ2) is 8.32. The van der Waals surface area contributed by atoms with Gasteiger partial charge >= 0.3 is 0 Å². The fraction of sp³-hybridized carbons (Fsp3) is 0.333. The number of hydrogen-bond acceptors (Lipinski definition) is 2. The Morgan fingerprint density at radius 1 is 1.05 bits per heavy atom. The standard InChI is InChI=1S/C18H23BrN2/c1-15(17-8-10-18(19)11-9-17)21(13-5-12-20)14-16-6-3-2-4-7-16/h2-4,6-11,15H,5,12-14,20H2,1H3. The fourth-order valence-electron chi connectivity index (χ4n) is 2.47. The molecule has 2 N–H and O–H groups in total. The van der Waals surface area contributed by atoms with Crippen LogP contribution in [0.25, 0.3) is 0 Å². The highest BCUT2D eigenvalue weighted by Gasteiger charge is 2.15. The quantitative estimate of drug-likeness (QED) is 0.806. The summed E-state index contributed by atoms with van der Waals surface area (Å²) in [5.41, 5.74) is 8.38. The third-order valence-electron chi connectivity index (χ3n) is 3.78. The van der Waals surface area contributed by atoms with Gasteiger partial charge in [-0.1, -0.05) is 58.4 Å². The molecule has 3 heteroatoms. The summed E-state index contributed by atoms with van der Waals surface area (Å²) in [4.78, 5) is 2.49. The van der Waals surface area contributed by atoms with Gasteiger partial charge in [-0.3, -0.25) is 4.90 Å². The summed E-state index contributed by atoms with van der Waals surface area (Å²) in [5, 5.41) is 0. The zero-order chi connectivity index (χ0) is 15.1. The summed E-state index contributed by atoms with van der Waals surface area (Å²) in [6, 6.07) is 19.6. The van der Waals surface area contributed by atoms with E-state index in [0.29, 0.717) is 6.04 Å². The van der Waals surface area contributed by atoms with Crippen LogP contribution in [0.3, 0.4) is 0 Å². The third kappa shape index (κ3) is 4.95. The van der Waals surface area contributed by atoms with Gasteiger partial charge in [-0.25, -0.2) is 0 Å². The molecule has 0 spiro atoms. The number of rotatable bonds is 7. The van der Waals surface area contributed by atoms with E-state index in [1.54, 1.807) is 0 Å². The summed E-state index contributed by atoms with van der Waals surface area (Å²) in [6.45, 7) is 4.97. The first-order valence-corrected chi connectivity index (χ1v) is 8.23. The molecule has 0 amide bonds. The molecular formula is C18H23BrN2. The van der Waals surface area contributed by atoms with Crippen molar-refractivity contribution < 1.29 is 0 Å². The lowest BCUT2D eigenvalue weighted by molar-refractivity contribution is 0.200. The van der Waals surface area contributed by atoms with E-state index >= 15 is 0 Å². The maximum Gasteiger partial charge on any atom is 0.0323 e. The lowest BCUT2D eigenvalue weighted by atomic mass is 10.1. The highest BCUT2D eigenvalue weighted by molar-refractivity contribution is 9.10. The van der Waals surface area contributed by atoms with Crippen molar-refractivity contribution in [3.8, 4) is 0 Å². The van der Waals surface area contributed by atoms with Crippen LogP contribution in [0.15, 0.2) is 59.1 Å². The van der Waals surface area contributed by atoms with Crippen LogP contribution in [0.1, 0.15) is 30.5 Å². The number of hydrogen-bond donors (Lipinski definition) is 1. The van der Waals surface area contributed by atoms with E-state index in [2.05, 4.69) is 82.4 Å². The molecule has 0 radical (unpaired) electrons. The Morgan fingerprint density at radius 3 is 2.33 bits per heavy atom. The monoisotopic (exact) mass is 346 g/mol. The molecule has 1 atom stereocenters. The van der Waals surface area contributed by atoms with E-state index in [0.717, 1.165) is 30.5 Å². The zero-order valence-corrected chi connectivity index (χ0v) is 14.1.